The predicted molar refractivity (Wildman–Crippen MR) is 125 cm³/mol. The third-order valence-corrected chi connectivity index (χ3v) is 4.08. The number of rotatable bonds is 9. The van der Waals surface area contributed by atoms with Crippen LogP contribution >= 0.6 is 24.0 Å². The van der Waals surface area contributed by atoms with E-state index < -0.39 is 0 Å². The van der Waals surface area contributed by atoms with Gasteiger partial charge in [0.05, 0.1) is 12.2 Å². The van der Waals surface area contributed by atoms with E-state index >= 15 is 0 Å². The van der Waals surface area contributed by atoms with Crippen LogP contribution in [-0.2, 0) is 24.2 Å². The molecule has 9 heteroatoms. The van der Waals surface area contributed by atoms with E-state index in [1.165, 1.54) is 6.92 Å². The van der Waals surface area contributed by atoms with Crippen LogP contribution in [0.1, 0.15) is 37.8 Å². The van der Waals surface area contributed by atoms with Gasteiger partial charge in [-0.15, -0.1) is 24.0 Å². The summed E-state index contributed by atoms with van der Waals surface area (Å²) in [5, 5.41) is 13.4. The normalized spacial score (nSPS) is 10.8. The Morgan fingerprint density at radius 2 is 2.03 bits per heavy atom. The molecule has 29 heavy (non-hydrogen) atoms. The Labute approximate surface area is 188 Å². The highest BCUT2D eigenvalue weighted by Crippen LogP contribution is 2.17. The maximum absolute atomic E-state index is 11.1. The number of aryl methyl sites for hydroxylation is 2. The predicted octanol–water partition coefficient (Wildman–Crippen LogP) is 3.12. The van der Waals surface area contributed by atoms with Crippen LogP contribution in [0, 0.1) is 0 Å². The molecular formula is C20H30IN5O3. The van der Waals surface area contributed by atoms with E-state index in [-0.39, 0.29) is 29.9 Å². The number of aromatic nitrogens is 1. The summed E-state index contributed by atoms with van der Waals surface area (Å²) in [6, 6.07) is 7.30. The van der Waals surface area contributed by atoms with Crippen molar-refractivity contribution < 1.29 is 14.1 Å². The Kier molecular flexibility index (Phi) is 11.1. The minimum absolute atomic E-state index is 0. The molecular weight excluding hydrogens is 485 g/mol. The fraction of sp³-hybridized carbons (Fsp3) is 0.450. The second kappa shape index (κ2) is 13.0. The molecule has 0 aliphatic carbocycles. The molecule has 1 amide bonds. The van der Waals surface area contributed by atoms with Gasteiger partial charge in [0.15, 0.2) is 5.96 Å². The fourth-order valence-corrected chi connectivity index (χ4v) is 2.74. The van der Waals surface area contributed by atoms with Crippen LogP contribution in [0.25, 0.3) is 0 Å². The van der Waals surface area contributed by atoms with Gasteiger partial charge in [-0.05, 0) is 18.6 Å². The number of hydrogen-bond donors (Lipinski definition) is 3. The minimum Gasteiger partial charge on any atom is -0.492 e. The Balaban J connectivity index is 0.00000420. The first-order valence-corrected chi connectivity index (χ1v) is 9.48. The van der Waals surface area contributed by atoms with Crippen molar-refractivity contribution in [1.29, 1.82) is 0 Å². The van der Waals surface area contributed by atoms with Gasteiger partial charge in [-0.1, -0.05) is 25.1 Å². The average Bonchev–Trinajstić information content (AvgIpc) is 3.09. The zero-order valence-corrected chi connectivity index (χ0v) is 19.7. The van der Waals surface area contributed by atoms with Gasteiger partial charge in [0, 0.05) is 44.3 Å². The highest BCUT2D eigenvalue weighted by atomic mass is 127. The van der Waals surface area contributed by atoms with Gasteiger partial charge in [-0.25, -0.2) is 0 Å². The van der Waals surface area contributed by atoms with Crippen LogP contribution in [0.2, 0.25) is 0 Å². The van der Waals surface area contributed by atoms with Gasteiger partial charge in [-0.2, -0.15) is 0 Å². The van der Waals surface area contributed by atoms with E-state index in [1.54, 1.807) is 13.1 Å². The number of aliphatic imine (C=N–C) groups is 1. The van der Waals surface area contributed by atoms with Crippen LogP contribution < -0.4 is 20.7 Å². The van der Waals surface area contributed by atoms with Crippen molar-refractivity contribution in [3.63, 3.8) is 0 Å². The van der Waals surface area contributed by atoms with Crippen LogP contribution in [0.15, 0.2) is 33.8 Å². The van der Waals surface area contributed by atoms with Crippen molar-refractivity contribution in [3.8, 4) is 5.75 Å². The molecule has 0 bridgehead atoms. The Morgan fingerprint density at radius 1 is 1.24 bits per heavy atom. The number of benzene rings is 1. The van der Waals surface area contributed by atoms with Crippen molar-refractivity contribution in [1.82, 2.24) is 15.8 Å². The maximum atomic E-state index is 11.1. The molecule has 3 N–H and O–H groups in total. The molecule has 0 fully saturated rings. The van der Waals surface area contributed by atoms with Gasteiger partial charge in [0.25, 0.3) is 0 Å². The molecule has 2 aromatic rings. The minimum atomic E-state index is -0.112. The molecule has 1 aromatic heterocycles. The van der Waals surface area contributed by atoms with E-state index in [0.29, 0.717) is 37.1 Å². The molecule has 0 spiro atoms. The lowest BCUT2D eigenvalue weighted by Gasteiger charge is -2.13. The summed E-state index contributed by atoms with van der Waals surface area (Å²) in [4.78, 5) is 15.4. The second-order valence-corrected chi connectivity index (χ2v) is 6.15. The topological polar surface area (TPSA) is 101 Å². The quantitative estimate of drug-likeness (QED) is 0.206. The SMILES string of the molecule is CCc1noc(CC)c1CNC(=NC)NCCOc1cccc(NC(C)=O)c1.I. The van der Waals surface area contributed by atoms with Gasteiger partial charge in [-0.3, -0.25) is 9.79 Å². The zero-order chi connectivity index (χ0) is 20.4. The molecule has 0 aliphatic rings. The summed E-state index contributed by atoms with van der Waals surface area (Å²) in [7, 11) is 1.72. The number of anilines is 1. The number of carbonyl (C=O) groups is 1. The molecule has 2 rings (SSSR count). The van der Waals surface area contributed by atoms with Crippen molar-refractivity contribution in [3.05, 3.63) is 41.3 Å². The number of amides is 1. The van der Waals surface area contributed by atoms with Crippen molar-refractivity contribution in [2.45, 2.75) is 40.2 Å². The Hall–Kier alpha value is -2.30. The third kappa shape index (κ3) is 7.92. The van der Waals surface area contributed by atoms with E-state index in [2.05, 4.69) is 39.9 Å². The van der Waals surface area contributed by atoms with Gasteiger partial charge in [0.1, 0.15) is 18.1 Å². The highest BCUT2D eigenvalue weighted by molar-refractivity contribution is 14.0. The van der Waals surface area contributed by atoms with Crippen LogP contribution in [-0.4, -0.2) is 37.2 Å². The largest absolute Gasteiger partial charge is 0.492 e. The number of hydrogen-bond acceptors (Lipinski definition) is 5. The van der Waals surface area contributed by atoms with Gasteiger partial charge >= 0.3 is 0 Å². The van der Waals surface area contributed by atoms with Crippen LogP contribution in [0.3, 0.4) is 0 Å². The number of nitrogens with zero attached hydrogens (tertiary/aromatic N) is 2. The second-order valence-electron chi connectivity index (χ2n) is 6.15. The number of carbonyl (C=O) groups excluding carboxylic acids is 1. The van der Waals surface area contributed by atoms with E-state index in [9.17, 15) is 4.79 Å². The highest BCUT2D eigenvalue weighted by Gasteiger charge is 2.13. The molecule has 0 saturated carbocycles. The van der Waals surface area contributed by atoms with Crippen LogP contribution in [0.5, 0.6) is 5.75 Å². The first kappa shape index (κ1) is 24.7. The summed E-state index contributed by atoms with van der Waals surface area (Å²) >= 11 is 0. The van der Waals surface area contributed by atoms with E-state index in [4.69, 9.17) is 9.26 Å². The summed E-state index contributed by atoms with van der Waals surface area (Å²) in [5.41, 5.74) is 2.78. The lowest BCUT2D eigenvalue weighted by Crippen LogP contribution is -2.39. The van der Waals surface area contributed by atoms with E-state index in [0.717, 1.165) is 29.9 Å². The van der Waals surface area contributed by atoms with Gasteiger partial charge < -0.3 is 25.2 Å². The maximum Gasteiger partial charge on any atom is 0.221 e. The summed E-state index contributed by atoms with van der Waals surface area (Å²) in [6.45, 7) is 7.23. The van der Waals surface area contributed by atoms with Crippen molar-refractivity contribution in [2.75, 3.05) is 25.5 Å². The number of nitrogens with one attached hydrogen (secondary N) is 3. The molecule has 1 aromatic carbocycles. The first-order valence-electron chi connectivity index (χ1n) is 9.48. The smallest absolute Gasteiger partial charge is 0.221 e. The Morgan fingerprint density at radius 3 is 2.69 bits per heavy atom. The summed E-state index contributed by atoms with van der Waals surface area (Å²) in [5.74, 6) is 2.17. The number of guanidine groups is 1. The molecule has 0 aliphatic heterocycles. The summed E-state index contributed by atoms with van der Waals surface area (Å²) in [6.07, 6.45) is 1.64. The Bertz CT molecular complexity index is 786. The number of halogens is 1. The van der Waals surface area contributed by atoms with Crippen molar-refractivity contribution >= 4 is 41.5 Å². The molecule has 8 nitrogen and oxygen atoms in total. The summed E-state index contributed by atoms with van der Waals surface area (Å²) < 4.78 is 11.1. The molecule has 0 saturated heterocycles. The standard InChI is InChI=1S/C20H29N5O3.HI/c1-5-18-17(19(6-2)28-25-18)13-23-20(21-4)22-10-11-27-16-9-7-8-15(12-16)24-14(3)26;/h7-9,12H,5-6,10-11,13H2,1-4H3,(H,24,26)(H2,21,22,23);1H. The lowest BCUT2D eigenvalue weighted by molar-refractivity contribution is -0.114. The third-order valence-electron chi connectivity index (χ3n) is 4.08. The molecule has 0 unspecified atom stereocenters. The molecule has 0 radical (unpaired) electrons. The zero-order valence-electron chi connectivity index (χ0n) is 17.4. The lowest BCUT2D eigenvalue weighted by atomic mass is 10.1. The average molecular weight is 515 g/mol. The van der Waals surface area contributed by atoms with Crippen LogP contribution in [0.4, 0.5) is 5.69 Å². The van der Waals surface area contributed by atoms with Gasteiger partial charge in [0.2, 0.25) is 5.91 Å². The molecule has 1 heterocycles. The fourth-order valence-electron chi connectivity index (χ4n) is 2.74. The monoisotopic (exact) mass is 515 g/mol. The van der Waals surface area contributed by atoms with Crippen molar-refractivity contribution in [2.24, 2.45) is 4.99 Å². The molecule has 160 valence electrons. The number of ether oxygens (including phenoxy) is 1. The first-order chi connectivity index (χ1) is 13.6. The van der Waals surface area contributed by atoms with E-state index in [1.807, 2.05) is 18.2 Å². The molecule has 0 atom stereocenters.